The van der Waals surface area contributed by atoms with Crippen molar-refractivity contribution in [1.29, 1.82) is 0 Å². The third-order valence-electron chi connectivity index (χ3n) is 5.13. The van der Waals surface area contributed by atoms with Gasteiger partial charge in [0.2, 0.25) is 0 Å². The first-order valence-electron chi connectivity index (χ1n) is 12.3. The van der Waals surface area contributed by atoms with Crippen LogP contribution in [-0.2, 0) is 4.79 Å². The number of hydrogen-bond donors (Lipinski definition) is 2. The fourth-order valence-corrected chi connectivity index (χ4v) is 3.29. The highest BCUT2D eigenvalue weighted by molar-refractivity contribution is 5.96. The molecule has 2 amide bonds. The van der Waals surface area contributed by atoms with Crippen molar-refractivity contribution >= 4 is 24.0 Å². The van der Waals surface area contributed by atoms with Crippen LogP contribution in [0.3, 0.4) is 0 Å². The molecule has 0 radical (unpaired) electrons. The molecule has 0 spiro atoms. The highest BCUT2D eigenvalue weighted by Gasteiger charge is 2.14. The van der Waals surface area contributed by atoms with Gasteiger partial charge >= 0.3 is 5.97 Å². The molecular formula is C29H31N3O6. The Morgan fingerprint density at radius 2 is 1.68 bits per heavy atom. The third-order valence-corrected chi connectivity index (χ3v) is 5.13. The van der Waals surface area contributed by atoms with E-state index in [1.807, 2.05) is 26.8 Å². The van der Waals surface area contributed by atoms with Crippen LogP contribution in [0, 0.1) is 6.92 Å². The standard InChI is InChI=1S/C29H31N3O6/c1-4-15-37-24-12-10-22(11-13-24)29(35)38-25-14-9-21(17-26(25)36-5-2)18-31-32-27(33)19-30-28(34)23-8-6-7-20(3)16-23/h6-14,16-18H,4-5,15,19H2,1-3H3,(H,30,34)(H,32,33)/b31-18+. The van der Waals surface area contributed by atoms with Crippen molar-refractivity contribution in [3.05, 3.63) is 89.0 Å². The molecule has 198 valence electrons. The quantitative estimate of drug-likeness (QED) is 0.160. The summed E-state index contributed by atoms with van der Waals surface area (Å²) in [6.45, 7) is 6.44. The number of carbonyl (C=O) groups excluding carboxylic acids is 3. The molecule has 0 fully saturated rings. The molecule has 0 bridgehead atoms. The van der Waals surface area contributed by atoms with Gasteiger partial charge in [-0.2, -0.15) is 5.10 Å². The van der Waals surface area contributed by atoms with E-state index in [4.69, 9.17) is 14.2 Å². The molecule has 0 aliphatic heterocycles. The Morgan fingerprint density at radius 3 is 2.39 bits per heavy atom. The summed E-state index contributed by atoms with van der Waals surface area (Å²) in [5, 5.41) is 6.48. The van der Waals surface area contributed by atoms with Crippen LogP contribution in [-0.4, -0.2) is 43.8 Å². The number of hydrazone groups is 1. The zero-order chi connectivity index (χ0) is 27.3. The summed E-state index contributed by atoms with van der Waals surface area (Å²) in [5.74, 6) is -0.0751. The predicted octanol–water partition coefficient (Wildman–Crippen LogP) is 4.28. The minimum atomic E-state index is -0.533. The van der Waals surface area contributed by atoms with Crippen molar-refractivity contribution in [2.75, 3.05) is 19.8 Å². The van der Waals surface area contributed by atoms with E-state index in [9.17, 15) is 14.4 Å². The molecule has 0 aromatic heterocycles. The molecule has 9 heteroatoms. The van der Waals surface area contributed by atoms with Gasteiger partial charge in [0.15, 0.2) is 11.5 Å². The number of rotatable bonds is 12. The number of amides is 2. The second kappa shape index (κ2) is 14.2. The molecule has 3 aromatic rings. The van der Waals surface area contributed by atoms with E-state index < -0.39 is 11.9 Å². The fourth-order valence-electron chi connectivity index (χ4n) is 3.29. The van der Waals surface area contributed by atoms with Gasteiger partial charge in [-0.05, 0) is 80.4 Å². The summed E-state index contributed by atoms with van der Waals surface area (Å²) >= 11 is 0. The molecule has 38 heavy (non-hydrogen) atoms. The molecule has 9 nitrogen and oxygen atoms in total. The first-order chi connectivity index (χ1) is 18.4. The van der Waals surface area contributed by atoms with Crippen LogP contribution in [0.5, 0.6) is 17.2 Å². The minimum absolute atomic E-state index is 0.227. The van der Waals surface area contributed by atoms with Crippen LogP contribution in [0.15, 0.2) is 71.8 Å². The van der Waals surface area contributed by atoms with Gasteiger partial charge in [-0.3, -0.25) is 9.59 Å². The van der Waals surface area contributed by atoms with Crippen LogP contribution in [0.25, 0.3) is 0 Å². The van der Waals surface area contributed by atoms with Gasteiger partial charge in [-0.1, -0.05) is 24.6 Å². The molecule has 3 rings (SSSR count). The minimum Gasteiger partial charge on any atom is -0.494 e. The van der Waals surface area contributed by atoms with Crippen LogP contribution in [0.2, 0.25) is 0 Å². The second-order valence-electron chi connectivity index (χ2n) is 8.25. The van der Waals surface area contributed by atoms with E-state index in [-0.39, 0.29) is 18.2 Å². The Bertz CT molecular complexity index is 1290. The topological polar surface area (TPSA) is 115 Å². The van der Waals surface area contributed by atoms with Crippen LogP contribution >= 0.6 is 0 Å². The molecule has 0 saturated carbocycles. The van der Waals surface area contributed by atoms with E-state index >= 15 is 0 Å². The predicted molar refractivity (Wildman–Crippen MR) is 144 cm³/mol. The third kappa shape index (κ3) is 8.48. The normalized spacial score (nSPS) is 10.6. The highest BCUT2D eigenvalue weighted by Crippen LogP contribution is 2.29. The van der Waals surface area contributed by atoms with Crippen molar-refractivity contribution in [3.8, 4) is 17.2 Å². The first kappa shape index (κ1) is 27.9. The molecule has 0 heterocycles. The van der Waals surface area contributed by atoms with Crippen molar-refractivity contribution in [1.82, 2.24) is 10.7 Å². The number of carbonyl (C=O) groups is 3. The molecular weight excluding hydrogens is 486 g/mol. The van der Waals surface area contributed by atoms with Gasteiger partial charge in [0.25, 0.3) is 11.8 Å². The molecule has 0 saturated heterocycles. The largest absolute Gasteiger partial charge is 0.494 e. The average Bonchev–Trinajstić information content (AvgIpc) is 2.92. The van der Waals surface area contributed by atoms with E-state index in [0.29, 0.717) is 41.4 Å². The summed E-state index contributed by atoms with van der Waals surface area (Å²) in [5.41, 5.74) is 4.77. The van der Waals surface area contributed by atoms with Gasteiger partial charge in [0.05, 0.1) is 31.5 Å². The number of nitrogens with one attached hydrogen (secondary N) is 2. The lowest BCUT2D eigenvalue weighted by Crippen LogP contribution is -2.34. The van der Waals surface area contributed by atoms with Crippen molar-refractivity contribution in [2.45, 2.75) is 27.2 Å². The Hall–Kier alpha value is -4.66. The number of ether oxygens (including phenoxy) is 3. The molecule has 0 aliphatic rings. The lowest BCUT2D eigenvalue weighted by atomic mass is 10.1. The van der Waals surface area contributed by atoms with Crippen LogP contribution in [0.1, 0.15) is 52.1 Å². The maximum Gasteiger partial charge on any atom is 0.343 e. The van der Waals surface area contributed by atoms with Crippen molar-refractivity contribution in [2.24, 2.45) is 5.10 Å². The fraction of sp³-hybridized carbons (Fsp3) is 0.241. The van der Waals surface area contributed by atoms with Gasteiger partial charge in [-0.15, -0.1) is 0 Å². The zero-order valence-electron chi connectivity index (χ0n) is 21.7. The van der Waals surface area contributed by atoms with Gasteiger partial charge in [0, 0.05) is 5.56 Å². The number of nitrogens with zero attached hydrogens (tertiary/aromatic N) is 1. The van der Waals surface area contributed by atoms with Crippen LogP contribution < -0.4 is 25.0 Å². The lowest BCUT2D eigenvalue weighted by Gasteiger charge is -2.12. The van der Waals surface area contributed by atoms with Gasteiger partial charge in [0.1, 0.15) is 5.75 Å². The highest BCUT2D eigenvalue weighted by atomic mass is 16.6. The molecule has 0 aliphatic carbocycles. The maximum absolute atomic E-state index is 12.6. The number of benzene rings is 3. The summed E-state index contributed by atoms with van der Waals surface area (Å²) < 4.78 is 16.7. The van der Waals surface area contributed by atoms with E-state index in [1.165, 1.54) is 6.21 Å². The zero-order valence-corrected chi connectivity index (χ0v) is 21.7. The smallest absolute Gasteiger partial charge is 0.343 e. The number of aryl methyl sites for hydroxylation is 1. The van der Waals surface area contributed by atoms with E-state index in [0.717, 1.165) is 12.0 Å². The first-order valence-corrected chi connectivity index (χ1v) is 12.3. The van der Waals surface area contributed by atoms with Gasteiger partial charge in [-0.25, -0.2) is 10.2 Å². The summed E-state index contributed by atoms with van der Waals surface area (Å²) in [6, 6.07) is 18.7. The lowest BCUT2D eigenvalue weighted by molar-refractivity contribution is -0.120. The molecule has 2 N–H and O–H groups in total. The number of esters is 1. The number of hydrogen-bond acceptors (Lipinski definition) is 7. The van der Waals surface area contributed by atoms with Crippen LogP contribution in [0.4, 0.5) is 0 Å². The maximum atomic E-state index is 12.6. The second-order valence-corrected chi connectivity index (χ2v) is 8.25. The Labute approximate surface area is 221 Å². The van der Waals surface area contributed by atoms with E-state index in [2.05, 4.69) is 15.8 Å². The van der Waals surface area contributed by atoms with E-state index in [1.54, 1.807) is 60.7 Å². The van der Waals surface area contributed by atoms with Crippen molar-refractivity contribution in [3.63, 3.8) is 0 Å². The Kier molecular flexibility index (Phi) is 10.4. The summed E-state index contributed by atoms with van der Waals surface area (Å²) in [7, 11) is 0. The average molecular weight is 518 g/mol. The summed E-state index contributed by atoms with van der Waals surface area (Å²) in [6.07, 6.45) is 2.31. The SMILES string of the molecule is CCCOc1ccc(C(=O)Oc2ccc(/C=N/NC(=O)CNC(=O)c3cccc(C)c3)cc2OCC)cc1. The Balaban J connectivity index is 1.56. The molecule has 3 aromatic carbocycles. The monoisotopic (exact) mass is 517 g/mol. The van der Waals surface area contributed by atoms with Crippen molar-refractivity contribution < 1.29 is 28.6 Å². The molecule has 0 atom stereocenters. The summed E-state index contributed by atoms with van der Waals surface area (Å²) in [4.78, 5) is 36.8. The molecule has 0 unspecified atom stereocenters. The Morgan fingerprint density at radius 1 is 0.895 bits per heavy atom. The van der Waals surface area contributed by atoms with Gasteiger partial charge < -0.3 is 19.5 Å².